The summed E-state index contributed by atoms with van der Waals surface area (Å²) >= 11 is 0. The molecule has 1 aromatic rings. The lowest BCUT2D eigenvalue weighted by Crippen LogP contribution is -2.52. The predicted molar refractivity (Wildman–Crippen MR) is 91.8 cm³/mol. The normalized spacial score (nSPS) is 18.4. The molecule has 1 amide bonds. The lowest BCUT2D eigenvalue weighted by Gasteiger charge is -2.37. The largest absolute Gasteiger partial charge is 0.493 e. The maximum absolute atomic E-state index is 12.4. The zero-order valence-electron chi connectivity index (χ0n) is 14.4. The molecule has 128 valence electrons. The Morgan fingerprint density at radius 3 is 2.88 bits per heavy atom. The molecule has 1 aliphatic rings. The smallest absolute Gasteiger partial charge is 0.246 e. The summed E-state index contributed by atoms with van der Waals surface area (Å²) in [5.41, 5.74) is 0.839. The van der Waals surface area contributed by atoms with Crippen LogP contribution in [-0.2, 0) is 4.79 Å². The van der Waals surface area contributed by atoms with E-state index in [-0.39, 0.29) is 18.6 Å². The summed E-state index contributed by atoms with van der Waals surface area (Å²) in [7, 11) is 3.61. The number of rotatable bonds is 5. The Bertz CT molecular complexity index is 651. The van der Waals surface area contributed by atoms with E-state index in [1.165, 1.54) is 0 Å². The summed E-state index contributed by atoms with van der Waals surface area (Å²) in [6.07, 6.45) is 3.36. The van der Waals surface area contributed by atoms with E-state index in [0.717, 1.165) is 25.2 Å². The van der Waals surface area contributed by atoms with Crippen molar-refractivity contribution in [2.75, 3.05) is 40.4 Å². The minimum absolute atomic E-state index is 0.0133. The molecule has 0 spiro atoms. The number of carbonyl (C=O) groups is 1. The average Bonchev–Trinajstić information content (AvgIpc) is 2.58. The van der Waals surface area contributed by atoms with Crippen LogP contribution in [0.4, 0.5) is 0 Å². The van der Waals surface area contributed by atoms with E-state index >= 15 is 0 Å². The summed E-state index contributed by atoms with van der Waals surface area (Å²) in [5.74, 6) is 1.06. The van der Waals surface area contributed by atoms with Crippen molar-refractivity contribution in [3.63, 3.8) is 0 Å². The van der Waals surface area contributed by atoms with Crippen molar-refractivity contribution in [1.82, 2.24) is 9.80 Å². The molecule has 1 fully saturated rings. The van der Waals surface area contributed by atoms with Gasteiger partial charge in [0, 0.05) is 31.8 Å². The lowest BCUT2D eigenvalue weighted by molar-refractivity contribution is -0.130. The number of amides is 1. The third-order valence-electron chi connectivity index (χ3n) is 4.01. The number of likely N-dealkylation sites (N-methyl/N-ethyl adjacent to an activating group) is 1. The van der Waals surface area contributed by atoms with Crippen molar-refractivity contribution >= 4 is 12.0 Å². The molecule has 0 aromatic heterocycles. The Hall–Kier alpha value is -2.52. The Balaban J connectivity index is 2.05. The SMILES string of the molecule is COc1cc(/C=C/C(=O)N2CCN(C)CC2C)ccc1OCC#N. The predicted octanol–water partition coefficient (Wildman–Crippen LogP) is 1.77. The number of nitrogens with zero attached hydrogens (tertiary/aromatic N) is 3. The summed E-state index contributed by atoms with van der Waals surface area (Å²) in [5, 5.41) is 8.58. The number of piperazine rings is 1. The van der Waals surface area contributed by atoms with Gasteiger partial charge in [-0.25, -0.2) is 0 Å². The highest BCUT2D eigenvalue weighted by atomic mass is 16.5. The third kappa shape index (κ3) is 4.49. The van der Waals surface area contributed by atoms with Gasteiger partial charge in [-0.3, -0.25) is 4.79 Å². The van der Waals surface area contributed by atoms with Crippen molar-refractivity contribution < 1.29 is 14.3 Å². The van der Waals surface area contributed by atoms with Gasteiger partial charge in [-0.2, -0.15) is 5.26 Å². The van der Waals surface area contributed by atoms with E-state index in [1.807, 2.05) is 17.0 Å². The molecule has 6 nitrogen and oxygen atoms in total. The lowest BCUT2D eigenvalue weighted by atomic mass is 10.1. The van der Waals surface area contributed by atoms with Gasteiger partial charge in [-0.05, 0) is 37.7 Å². The highest BCUT2D eigenvalue weighted by Gasteiger charge is 2.24. The Kier molecular flexibility index (Phi) is 6.21. The van der Waals surface area contributed by atoms with Gasteiger partial charge in [0.2, 0.25) is 5.91 Å². The van der Waals surface area contributed by atoms with Gasteiger partial charge in [0.25, 0.3) is 0 Å². The van der Waals surface area contributed by atoms with Crippen LogP contribution in [0.15, 0.2) is 24.3 Å². The summed E-state index contributed by atoms with van der Waals surface area (Å²) in [6.45, 7) is 4.54. The molecule has 1 aromatic carbocycles. The van der Waals surface area contributed by atoms with Crippen LogP contribution in [0.5, 0.6) is 11.5 Å². The molecular formula is C18H23N3O3. The molecule has 0 N–H and O–H groups in total. The van der Waals surface area contributed by atoms with Crippen LogP contribution < -0.4 is 9.47 Å². The van der Waals surface area contributed by atoms with Gasteiger partial charge >= 0.3 is 0 Å². The minimum Gasteiger partial charge on any atom is -0.493 e. The topological polar surface area (TPSA) is 65.8 Å². The highest BCUT2D eigenvalue weighted by molar-refractivity contribution is 5.92. The first-order chi connectivity index (χ1) is 11.5. The van der Waals surface area contributed by atoms with Crippen molar-refractivity contribution in [2.24, 2.45) is 0 Å². The second-order valence-electron chi connectivity index (χ2n) is 5.83. The fourth-order valence-corrected chi connectivity index (χ4v) is 2.75. The minimum atomic E-state index is -0.0364. The van der Waals surface area contributed by atoms with Crippen molar-refractivity contribution in [1.29, 1.82) is 5.26 Å². The van der Waals surface area contributed by atoms with Crippen LogP contribution >= 0.6 is 0 Å². The fourth-order valence-electron chi connectivity index (χ4n) is 2.75. The zero-order valence-corrected chi connectivity index (χ0v) is 14.4. The first-order valence-electron chi connectivity index (χ1n) is 7.90. The quantitative estimate of drug-likeness (QED) is 0.770. The third-order valence-corrected chi connectivity index (χ3v) is 4.01. The monoisotopic (exact) mass is 329 g/mol. The van der Waals surface area contributed by atoms with E-state index in [1.54, 1.807) is 31.4 Å². The number of benzene rings is 1. The van der Waals surface area contributed by atoms with E-state index < -0.39 is 0 Å². The number of ether oxygens (including phenoxy) is 2. The van der Waals surface area contributed by atoms with Crippen LogP contribution in [0.2, 0.25) is 0 Å². The number of hydrogen-bond acceptors (Lipinski definition) is 5. The van der Waals surface area contributed by atoms with Gasteiger partial charge < -0.3 is 19.3 Å². The zero-order chi connectivity index (χ0) is 17.5. The molecule has 24 heavy (non-hydrogen) atoms. The fraction of sp³-hybridized carbons (Fsp3) is 0.444. The molecule has 2 rings (SSSR count). The molecule has 1 atom stereocenters. The number of carbonyl (C=O) groups excluding carboxylic acids is 1. The van der Waals surface area contributed by atoms with Gasteiger partial charge in [0.1, 0.15) is 6.07 Å². The maximum Gasteiger partial charge on any atom is 0.246 e. The van der Waals surface area contributed by atoms with Crippen LogP contribution in [0.1, 0.15) is 12.5 Å². The second-order valence-corrected chi connectivity index (χ2v) is 5.83. The first-order valence-corrected chi connectivity index (χ1v) is 7.90. The van der Waals surface area contributed by atoms with Crippen LogP contribution in [0.25, 0.3) is 6.08 Å². The number of hydrogen-bond donors (Lipinski definition) is 0. The summed E-state index contributed by atoms with van der Waals surface area (Å²) < 4.78 is 10.6. The average molecular weight is 329 g/mol. The second kappa shape index (κ2) is 8.37. The van der Waals surface area contributed by atoms with Crippen LogP contribution in [-0.4, -0.2) is 62.1 Å². The summed E-state index contributed by atoms with van der Waals surface area (Å²) in [4.78, 5) is 16.5. The van der Waals surface area contributed by atoms with Crippen LogP contribution in [0, 0.1) is 11.3 Å². The molecule has 1 saturated heterocycles. The van der Waals surface area contributed by atoms with Crippen LogP contribution in [0.3, 0.4) is 0 Å². The van der Waals surface area contributed by atoms with E-state index in [0.29, 0.717) is 11.5 Å². The molecule has 0 aliphatic carbocycles. The maximum atomic E-state index is 12.4. The molecule has 0 bridgehead atoms. The van der Waals surface area contributed by atoms with Gasteiger partial charge in [-0.15, -0.1) is 0 Å². The van der Waals surface area contributed by atoms with Crippen molar-refractivity contribution in [3.05, 3.63) is 29.8 Å². The molecule has 0 radical (unpaired) electrons. The standard InChI is InChI=1S/C18H23N3O3/c1-14-13-20(2)9-10-21(14)18(22)7-5-15-4-6-16(24-11-8-19)17(12-15)23-3/h4-7,12,14H,9-11,13H2,1-3H3/b7-5+. The Labute approximate surface area is 142 Å². The van der Waals surface area contributed by atoms with Gasteiger partial charge in [-0.1, -0.05) is 6.07 Å². The van der Waals surface area contributed by atoms with Gasteiger partial charge in [0.15, 0.2) is 18.1 Å². The summed E-state index contributed by atoms with van der Waals surface area (Å²) in [6, 6.07) is 7.47. The van der Waals surface area contributed by atoms with E-state index in [9.17, 15) is 4.79 Å². The molecular weight excluding hydrogens is 306 g/mol. The molecule has 1 aliphatic heterocycles. The van der Waals surface area contributed by atoms with E-state index in [2.05, 4.69) is 18.9 Å². The molecule has 6 heteroatoms. The Morgan fingerprint density at radius 1 is 1.42 bits per heavy atom. The Morgan fingerprint density at radius 2 is 2.21 bits per heavy atom. The molecule has 1 heterocycles. The van der Waals surface area contributed by atoms with Crippen molar-refractivity contribution in [2.45, 2.75) is 13.0 Å². The van der Waals surface area contributed by atoms with E-state index in [4.69, 9.17) is 14.7 Å². The molecule has 1 unspecified atom stereocenters. The number of methoxy groups -OCH3 is 1. The van der Waals surface area contributed by atoms with Crippen molar-refractivity contribution in [3.8, 4) is 17.6 Å². The first kappa shape index (κ1) is 17.8. The highest BCUT2D eigenvalue weighted by Crippen LogP contribution is 2.28. The molecule has 0 saturated carbocycles. The number of nitriles is 1. The van der Waals surface area contributed by atoms with Gasteiger partial charge in [0.05, 0.1) is 7.11 Å².